The van der Waals surface area contributed by atoms with Crippen molar-refractivity contribution in [3.63, 3.8) is 0 Å². The molecule has 7 nitrogen and oxygen atoms in total. The third-order valence-electron chi connectivity index (χ3n) is 4.65. The van der Waals surface area contributed by atoms with Crippen molar-refractivity contribution in [2.24, 2.45) is 0 Å². The van der Waals surface area contributed by atoms with Gasteiger partial charge >= 0.3 is 0 Å². The second-order valence-corrected chi connectivity index (χ2v) is 6.76. The van der Waals surface area contributed by atoms with E-state index in [1.165, 1.54) is 0 Å². The first-order chi connectivity index (χ1) is 12.6. The molecule has 0 radical (unpaired) electrons. The van der Waals surface area contributed by atoms with E-state index in [4.69, 9.17) is 16.3 Å². The quantitative estimate of drug-likeness (QED) is 0.736. The third kappa shape index (κ3) is 2.73. The molecule has 0 spiro atoms. The van der Waals surface area contributed by atoms with Crippen LogP contribution in [0.1, 0.15) is 12.8 Å². The molecule has 1 fully saturated rings. The van der Waals surface area contributed by atoms with Crippen molar-refractivity contribution >= 4 is 34.0 Å². The van der Waals surface area contributed by atoms with E-state index in [2.05, 4.69) is 21.5 Å². The molecule has 1 saturated heterocycles. The molecule has 3 aromatic rings. The third-order valence-corrected chi connectivity index (χ3v) is 4.90. The predicted octanol–water partition coefficient (Wildman–Crippen LogP) is 3.15. The highest BCUT2D eigenvalue weighted by atomic mass is 35.5. The highest BCUT2D eigenvalue weighted by Gasteiger charge is 2.39. The molecule has 2 aromatic heterocycles. The number of aromatic amines is 1. The van der Waals surface area contributed by atoms with Crippen molar-refractivity contribution in [2.45, 2.75) is 18.4 Å². The Morgan fingerprint density at radius 1 is 1.38 bits per heavy atom. The van der Waals surface area contributed by atoms with Gasteiger partial charge < -0.3 is 15.0 Å². The molecular weight excluding hydrogens is 354 g/mol. The second-order valence-electron chi connectivity index (χ2n) is 6.32. The van der Waals surface area contributed by atoms with Crippen LogP contribution in [-0.2, 0) is 10.3 Å². The average Bonchev–Trinajstić information content (AvgIpc) is 3.24. The number of anilines is 2. The molecule has 1 aliphatic heterocycles. The van der Waals surface area contributed by atoms with E-state index in [0.717, 1.165) is 5.69 Å². The van der Waals surface area contributed by atoms with Gasteiger partial charge in [0.2, 0.25) is 0 Å². The number of fused-ring (bicyclic) bond motifs is 1. The van der Waals surface area contributed by atoms with Crippen molar-refractivity contribution in [3.05, 3.63) is 51.9 Å². The molecule has 2 N–H and O–H groups in total. The monoisotopic (exact) mass is 369 g/mol. The van der Waals surface area contributed by atoms with Crippen LogP contribution in [0.15, 0.2) is 41.3 Å². The Balaban J connectivity index is 1.88. The predicted molar refractivity (Wildman–Crippen MR) is 98.7 cm³/mol. The maximum atomic E-state index is 12.5. The Hall–Kier alpha value is -2.82. The number of ether oxygens (including phenoxy) is 1. The molecule has 132 valence electrons. The number of hydrogen-bond donors (Lipinski definition) is 2. The maximum Gasteiger partial charge on any atom is 0.261 e. The fourth-order valence-corrected chi connectivity index (χ4v) is 3.45. The largest absolute Gasteiger partial charge is 0.379 e. The van der Waals surface area contributed by atoms with Gasteiger partial charge in [0.25, 0.3) is 5.56 Å². The van der Waals surface area contributed by atoms with Crippen LogP contribution >= 0.6 is 11.6 Å². The van der Waals surface area contributed by atoms with Gasteiger partial charge in [-0.15, -0.1) is 0 Å². The van der Waals surface area contributed by atoms with E-state index >= 15 is 0 Å². The summed E-state index contributed by atoms with van der Waals surface area (Å²) in [6, 6.07) is 11.2. The SMILES string of the molecule is N#CCC1(n2nc(Nc3ccc(Cl)cc3)c3c(=O)[nH]ccc32)CCOC1. The summed E-state index contributed by atoms with van der Waals surface area (Å²) in [4.78, 5) is 15.2. The van der Waals surface area contributed by atoms with E-state index in [1.807, 2.05) is 12.1 Å². The normalized spacial score (nSPS) is 19.5. The van der Waals surface area contributed by atoms with Crippen molar-refractivity contribution in [2.75, 3.05) is 18.5 Å². The Labute approximate surface area is 154 Å². The lowest BCUT2D eigenvalue weighted by Gasteiger charge is -2.25. The fraction of sp³-hybridized carbons (Fsp3) is 0.278. The number of nitriles is 1. The highest BCUT2D eigenvalue weighted by Crippen LogP contribution is 2.35. The summed E-state index contributed by atoms with van der Waals surface area (Å²) in [6.07, 6.45) is 2.52. The standard InChI is InChI=1S/C18H16ClN5O2/c19-12-1-3-13(4-2-12)22-16-15-14(5-9-21-17(15)25)24(23-16)18(6-8-20)7-10-26-11-18/h1-5,9H,6-7,10-11H2,(H,21,25)(H,22,23). The van der Waals surface area contributed by atoms with Gasteiger partial charge in [0.1, 0.15) is 10.9 Å². The molecule has 4 rings (SSSR count). The fourth-order valence-electron chi connectivity index (χ4n) is 3.32. The van der Waals surface area contributed by atoms with Gasteiger partial charge in [0.15, 0.2) is 5.82 Å². The minimum Gasteiger partial charge on any atom is -0.379 e. The van der Waals surface area contributed by atoms with Crippen molar-refractivity contribution in [1.29, 1.82) is 5.26 Å². The smallest absolute Gasteiger partial charge is 0.261 e. The van der Waals surface area contributed by atoms with Gasteiger partial charge in [-0.2, -0.15) is 10.4 Å². The first-order valence-corrected chi connectivity index (χ1v) is 8.59. The first kappa shape index (κ1) is 16.6. The maximum absolute atomic E-state index is 12.5. The minimum absolute atomic E-state index is 0.240. The van der Waals surface area contributed by atoms with E-state index in [9.17, 15) is 10.1 Å². The van der Waals surface area contributed by atoms with Gasteiger partial charge in [-0.05, 0) is 36.8 Å². The number of aromatic nitrogens is 3. The van der Waals surface area contributed by atoms with Crippen LogP contribution in [0.3, 0.4) is 0 Å². The lowest BCUT2D eigenvalue weighted by molar-refractivity contribution is 0.151. The van der Waals surface area contributed by atoms with Gasteiger partial charge in [0, 0.05) is 23.5 Å². The molecule has 3 heterocycles. The average molecular weight is 370 g/mol. The van der Waals surface area contributed by atoms with Gasteiger partial charge in [0.05, 0.1) is 24.6 Å². The number of benzene rings is 1. The molecular formula is C18H16ClN5O2. The van der Waals surface area contributed by atoms with Crippen LogP contribution in [0.4, 0.5) is 11.5 Å². The number of nitrogens with one attached hydrogen (secondary N) is 2. The summed E-state index contributed by atoms with van der Waals surface area (Å²) in [5, 5.41) is 18.2. The zero-order chi connectivity index (χ0) is 18.1. The van der Waals surface area contributed by atoms with Crippen LogP contribution in [0, 0.1) is 11.3 Å². The van der Waals surface area contributed by atoms with E-state index < -0.39 is 5.54 Å². The molecule has 1 aliphatic rings. The Morgan fingerprint density at radius 2 is 2.19 bits per heavy atom. The van der Waals surface area contributed by atoms with Gasteiger partial charge in [-0.3, -0.25) is 9.48 Å². The Kier molecular flexibility index (Phi) is 4.15. The van der Waals surface area contributed by atoms with Crippen molar-refractivity contribution in [3.8, 4) is 6.07 Å². The van der Waals surface area contributed by atoms with Crippen LogP contribution in [-0.4, -0.2) is 28.0 Å². The summed E-state index contributed by atoms with van der Waals surface area (Å²) < 4.78 is 7.32. The Bertz CT molecular complexity index is 1040. The van der Waals surface area contributed by atoms with E-state index in [1.54, 1.807) is 29.1 Å². The van der Waals surface area contributed by atoms with Crippen LogP contribution in [0.25, 0.3) is 10.9 Å². The zero-order valence-corrected chi connectivity index (χ0v) is 14.6. The molecule has 1 aromatic carbocycles. The van der Waals surface area contributed by atoms with Crippen molar-refractivity contribution < 1.29 is 4.74 Å². The topological polar surface area (TPSA) is 95.7 Å². The molecule has 0 amide bonds. The molecule has 1 atom stereocenters. The number of H-pyrrole nitrogens is 1. The van der Waals surface area contributed by atoms with Gasteiger partial charge in [-0.1, -0.05) is 11.6 Å². The minimum atomic E-state index is -0.569. The van der Waals surface area contributed by atoms with Crippen LogP contribution in [0.2, 0.25) is 5.02 Å². The van der Waals surface area contributed by atoms with E-state index in [-0.39, 0.29) is 12.0 Å². The van der Waals surface area contributed by atoms with Gasteiger partial charge in [-0.25, -0.2) is 0 Å². The molecule has 0 saturated carbocycles. The van der Waals surface area contributed by atoms with E-state index in [0.29, 0.717) is 41.4 Å². The van der Waals surface area contributed by atoms with Crippen LogP contribution < -0.4 is 10.9 Å². The number of rotatable bonds is 4. The number of hydrogen-bond acceptors (Lipinski definition) is 5. The second kappa shape index (κ2) is 6.48. The first-order valence-electron chi connectivity index (χ1n) is 8.21. The summed E-state index contributed by atoms with van der Waals surface area (Å²) in [7, 11) is 0. The summed E-state index contributed by atoms with van der Waals surface area (Å²) >= 11 is 5.93. The molecule has 1 unspecified atom stereocenters. The molecule has 0 bridgehead atoms. The summed E-state index contributed by atoms with van der Waals surface area (Å²) in [5.74, 6) is 0.438. The molecule has 0 aliphatic carbocycles. The number of nitrogens with zero attached hydrogens (tertiary/aromatic N) is 3. The van der Waals surface area contributed by atoms with Crippen molar-refractivity contribution in [1.82, 2.24) is 14.8 Å². The van der Waals surface area contributed by atoms with Crippen LogP contribution in [0.5, 0.6) is 0 Å². The zero-order valence-electron chi connectivity index (χ0n) is 13.8. The lowest BCUT2D eigenvalue weighted by atomic mass is 9.95. The summed E-state index contributed by atoms with van der Waals surface area (Å²) in [6.45, 7) is 0.955. The highest BCUT2D eigenvalue weighted by molar-refractivity contribution is 6.30. The number of pyridine rings is 1. The lowest BCUT2D eigenvalue weighted by Crippen LogP contribution is -2.34. The summed E-state index contributed by atoms with van der Waals surface area (Å²) in [5.41, 5.74) is 0.629. The molecule has 26 heavy (non-hydrogen) atoms. The number of halogens is 1. The molecule has 8 heteroatoms. The Morgan fingerprint density at radius 3 is 2.88 bits per heavy atom.